The van der Waals surface area contributed by atoms with E-state index in [4.69, 9.17) is 4.74 Å². The summed E-state index contributed by atoms with van der Waals surface area (Å²) in [4.78, 5) is 0. The Kier molecular flexibility index (Phi) is 3.61. The monoisotopic (exact) mass is 250 g/mol. The Morgan fingerprint density at radius 2 is 2.22 bits per heavy atom. The predicted octanol–water partition coefficient (Wildman–Crippen LogP) is 1.30. The number of aryl methyl sites for hydroxylation is 1. The molecule has 2 aliphatic heterocycles. The maximum Gasteiger partial charge on any atom is 0.149 e. The van der Waals surface area contributed by atoms with Crippen LogP contribution in [0.25, 0.3) is 0 Å². The van der Waals surface area contributed by atoms with Crippen molar-refractivity contribution >= 4 is 0 Å². The van der Waals surface area contributed by atoms with E-state index in [2.05, 4.69) is 27.0 Å². The van der Waals surface area contributed by atoms with Gasteiger partial charge in [0.1, 0.15) is 11.6 Å². The van der Waals surface area contributed by atoms with Gasteiger partial charge in [-0.25, -0.2) is 0 Å². The number of nitrogens with one attached hydrogen (secondary N) is 1. The molecule has 0 bridgehead atoms. The zero-order valence-corrected chi connectivity index (χ0v) is 11.1. The summed E-state index contributed by atoms with van der Waals surface area (Å²) in [6.07, 6.45) is 4.65. The number of aromatic nitrogens is 3. The van der Waals surface area contributed by atoms with Crippen LogP contribution < -0.4 is 5.32 Å². The minimum absolute atomic E-state index is 0.298. The molecule has 0 saturated carbocycles. The molecular weight excluding hydrogens is 228 g/mol. The molecule has 3 heterocycles. The summed E-state index contributed by atoms with van der Waals surface area (Å²) in [6.45, 7) is 6.17. The highest BCUT2D eigenvalue weighted by Gasteiger charge is 2.22. The summed E-state index contributed by atoms with van der Waals surface area (Å²) in [5, 5.41) is 12.2. The first-order chi connectivity index (χ1) is 8.84. The lowest BCUT2D eigenvalue weighted by molar-refractivity contribution is 0.0655. The first-order valence-electron chi connectivity index (χ1n) is 7.07. The van der Waals surface area contributed by atoms with Gasteiger partial charge < -0.3 is 14.6 Å². The summed E-state index contributed by atoms with van der Waals surface area (Å²) < 4.78 is 7.66. The lowest BCUT2D eigenvalue weighted by Crippen LogP contribution is -2.30. The van der Waals surface area contributed by atoms with Crippen molar-refractivity contribution in [2.45, 2.75) is 45.2 Å². The molecule has 5 heteroatoms. The van der Waals surface area contributed by atoms with Gasteiger partial charge in [0.25, 0.3) is 0 Å². The molecule has 0 aromatic carbocycles. The fraction of sp³-hybridized carbons (Fsp3) is 0.846. The Morgan fingerprint density at radius 3 is 3.06 bits per heavy atom. The van der Waals surface area contributed by atoms with E-state index in [-0.39, 0.29) is 0 Å². The van der Waals surface area contributed by atoms with Gasteiger partial charge in [-0.15, -0.1) is 10.2 Å². The van der Waals surface area contributed by atoms with Crippen LogP contribution >= 0.6 is 0 Å². The van der Waals surface area contributed by atoms with Crippen molar-refractivity contribution in [2.24, 2.45) is 5.92 Å². The second-order valence-electron chi connectivity index (χ2n) is 5.42. The van der Waals surface area contributed by atoms with Gasteiger partial charge >= 0.3 is 0 Å². The number of ether oxygens (including phenoxy) is 1. The van der Waals surface area contributed by atoms with E-state index >= 15 is 0 Å². The van der Waals surface area contributed by atoms with Crippen molar-refractivity contribution in [1.82, 2.24) is 20.1 Å². The van der Waals surface area contributed by atoms with Crippen LogP contribution in [-0.2, 0) is 17.7 Å². The molecule has 5 nitrogen and oxygen atoms in total. The summed E-state index contributed by atoms with van der Waals surface area (Å²) >= 11 is 0. The van der Waals surface area contributed by atoms with Gasteiger partial charge in [0.15, 0.2) is 0 Å². The number of rotatable bonds is 4. The summed E-state index contributed by atoms with van der Waals surface area (Å²) in [5.41, 5.74) is 0. The quantitative estimate of drug-likeness (QED) is 0.875. The van der Waals surface area contributed by atoms with Crippen LogP contribution in [0.4, 0.5) is 0 Å². The van der Waals surface area contributed by atoms with Gasteiger partial charge in [0.2, 0.25) is 0 Å². The van der Waals surface area contributed by atoms with Crippen LogP contribution in [0.15, 0.2) is 0 Å². The van der Waals surface area contributed by atoms with E-state index in [1.165, 1.54) is 19.3 Å². The zero-order chi connectivity index (χ0) is 12.4. The van der Waals surface area contributed by atoms with Crippen molar-refractivity contribution in [2.75, 3.05) is 19.8 Å². The van der Waals surface area contributed by atoms with Gasteiger partial charge in [0.05, 0.1) is 6.04 Å². The number of nitrogens with zero attached hydrogens (tertiary/aromatic N) is 3. The fourth-order valence-electron chi connectivity index (χ4n) is 2.88. The maximum atomic E-state index is 5.39. The molecule has 3 rings (SSSR count). The van der Waals surface area contributed by atoms with Gasteiger partial charge in [-0.3, -0.25) is 0 Å². The van der Waals surface area contributed by atoms with E-state index in [1.54, 1.807) is 0 Å². The Labute approximate surface area is 108 Å². The van der Waals surface area contributed by atoms with Crippen molar-refractivity contribution in [3.05, 3.63) is 11.6 Å². The fourth-order valence-corrected chi connectivity index (χ4v) is 2.88. The number of hydrogen-bond acceptors (Lipinski definition) is 4. The van der Waals surface area contributed by atoms with Gasteiger partial charge in [-0.1, -0.05) is 0 Å². The van der Waals surface area contributed by atoms with Crippen LogP contribution in [0.5, 0.6) is 0 Å². The molecule has 1 aromatic rings. The first kappa shape index (κ1) is 12.1. The van der Waals surface area contributed by atoms with Gasteiger partial charge in [0, 0.05) is 26.2 Å². The van der Waals surface area contributed by atoms with Crippen LogP contribution in [0.2, 0.25) is 0 Å². The standard InChI is InChI=1S/C13H22N4O/c1-10(14-9-11-4-7-18-8-5-11)13-16-15-12-3-2-6-17(12)13/h10-11,14H,2-9H2,1H3. The van der Waals surface area contributed by atoms with Gasteiger partial charge in [-0.2, -0.15) is 0 Å². The van der Waals surface area contributed by atoms with Crippen LogP contribution in [0.1, 0.15) is 43.9 Å². The molecular formula is C13H22N4O. The SMILES string of the molecule is CC(NCC1CCOCC1)c1nnc2n1CCC2. The Hall–Kier alpha value is -0.940. The minimum Gasteiger partial charge on any atom is -0.381 e. The summed E-state index contributed by atoms with van der Waals surface area (Å²) in [5.74, 6) is 3.02. The lowest BCUT2D eigenvalue weighted by Gasteiger charge is -2.24. The highest BCUT2D eigenvalue weighted by molar-refractivity contribution is 5.04. The molecule has 0 radical (unpaired) electrons. The predicted molar refractivity (Wildman–Crippen MR) is 68.3 cm³/mol. The minimum atomic E-state index is 0.298. The lowest BCUT2D eigenvalue weighted by atomic mass is 10.0. The molecule has 1 unspecified atom stereocenters. The van der Waals surface area contributed by atoms with Crippen LogP contribution in [0, 0.1) is 5.92 Å². The number of fused-ring (bicyclic) bond motifs is 1. The van der Waals surface area contributed by atoms with Crippen molar-refractivity contribution in [3.63, 3.8) is 0 Å². The molecule has 18 heavy (non-hydrogen) atoms. The Balaban J connectivity index is 1.55. The maximum absolute atomic E-state index is 5.39. The van der Waals surface area contributed by atoms with Crippen molar-refractivity contribution in [3.8, 4) is 0 Å². The van der Waals surface area contributed by atoms with E-state index < -0.39 is 0 Å². The van der Waals surface area contributed by atoms with Gasteiger partial charge in [-0.05, 0) is 38.6 Å². The van der Waals surface area contributed by atoms with E-state index in [0.29, 0.717) is 6.04 Å². The van der Waals surface area contributed by atoms with Crippen molar-refractivity contribution < 1.29 is 4.74 Å². The first-order valence-corrected chi connectivity index (χ1v) is 7.07. The largest absolute Gasteiger partial charge is 0.381 e. The summed E-state index contributed by atoms with van der Waals surface area (Å²) in [7, 11) is 0. The molecule has 1 saturated heterocycles. The Morgan fingerprint density at radius 1 is 1.39 bits per heavy atom. The molecule has 1 fully saturated rings. The molecule has 2 aliphatic rings. The van der Waals surface area contributed by atoms with Crippen LogP contribution in [0.3, 0.4) is 0 Å². The second-order valence-corrected chi connectivity index (χ2v) is 5.42. The zero-order valence-electron chi connectivity index (χ0n) is 11.1. The Bertz CT molecular complexity index is 398. The van der Waals surface area contributed by atoms with E-state index in [0.717, 1.165) is 50.3 Å². The molecule has 1 aromatic heterocycles. The average molecular weight is 250 g/mol. The smallest absolute Gasteiger partial charge is 0.149 e. The van der Waals surface area contributed by atoms with Crippen LogP contribution in [-0.4, -0.2) is 34.5 Å². The normalized spacial score (nSPS) is 22.1. The highest BCUT2D eigenvalue weighted by atomic mass is 16.5. The van der Waals surface area contributed by atoms with E-state index in [9.17, 15) is 0 Å². The third-order valence-corrected chi connectivity index (χ3v) is 4.08. The third-order valence-electron chi connectivity index (χ3n) is 4.08. The molecule has 0 aliphatic carbocycles. The molecule has 100 valence electrons. The average Bonchev–Trinajstić information content (AvgIpc) is 2.99. The molecule has 1 atom stereocenters. The topological polar surface area (TPSA) is 52.0 Å². The molecule has 0 spiro atoms. The van der Waals surface area contributed by atoms with E-state index in [1.807, 2.05) is 0 Å². The second kappa shape index (κ2) is 5.36. The molecule has 0 amide bonds. The third kappa shape index (κ3) is 2.42. The highest BCUT2D eigenvalue weighted by Crippen LogP contribution is 2.20. The number of hydrogen-bond donors (Lipinski definition) is 1. The van der Waals surface area contributed by atoms with Crippen molar-refractivity contribution in [1.29, 1.82) is 0 Å². The summed E-state index contributed by atoms with van der Waals surface area (Å²) in [6, 6.07) is 0.298. The molecule has 1 N–H and O–H groups in total.